The number of methoxy groups -OCH3 is 1. The van der Waals surface area contributed by atoms with Crippen LogP contribution in [-0.2, 0) is 0 Å². The van der Waals surface area contributed by atoms with Crippen LogP contribution in [0.5, 0.6) is 5.75 Å². The molecule has 1 amide bonds. The third kappa shape index (κ3) is 3.80. The van der Waals surface area contributed by atoms with E-state index in [0.717, 1.165) is 37.6 Å². The van der Waals surface area contributed by atoms with Gasteiger partial charge in [0.1, 0.15) is 5.75 Å². The van der Waals surface area contributed by atoms with Crippen molar-refractivity contribution < 1.29 is 9.53 Å². The molecular weight excluding hydrogens is 306 g/mol. The number of ether oxygens (including phenoxy) is 1. The van der Waals surface area contributed by atoms with Gasteiger partial charge in [-0.25, -0.2) is 9.97 Å². The number of hydrogen-bond acceptors (Lipinski definition) is 6. The van der Waals surface area contributed by atoms with Crippen molar-refractivity contribution in [2.75, 3.05) is 45.7 Å². The van der Waals surface area contributed by atoms with Crippen LogP contribution < -0.4 is 10.1 Å². The fourth-order valence-electron chi connectivity index (χ4n) is 2.50. The van der Waals surface area contributed by atoms with Crippen molar-refractivity contribution in [3.63, 3.8) is 0 Å². The van der Waals surface area contributed by atoms with Crippen LogP contribution in [0, 0.1) is 0 Å². The molecule has 126 valence electrons. The van der Waals surface area contributed by atoms with E-state index in [0.29, 0.717) is 11.5 Å². The summed E-state index contributed by atoms with van der Waals surface area (Å²) >= 11 is 0. The molecule has 0 atom stereocenters. The van der Waals surface area contributed by atoms with Gasteiger partial charge in [-0.3, -0.25) is 4.79 Å². The molecule has 7 nitrogen and oxygen atoms in total. The van der Waals surface area contributed by atoms with Crippen molar-refractivity contribution in [2.24, 2.45) is 0 Å². The Kier molecular flexibility index (Phi) is 4.90. The summed E-state index contributed by atoms with van der Waals surface area (Å²) in [6.45, 7) is 3.26. The third-order valence-electron chi connectivity index (χ3n) is 4.04. The molecule has 3 rings (SSSR count). The maximum absolute atomic E-state index is 12.4. The van der Waals surface area contributed by atoms with Gasteiger partial charge in [0.05, 0.1) is 12.7 Å². The molecule has 7 heteroatoms. The average molecular weight is 327 g/mol. The Balaban J connectivity index is 1.63. The van der Waals surface area contributed by atoms with E-state index in [-0.39, 0.29) is 5.91 Å². The number of nitrogens with one attached hydrogen (secondary N) is 1. The SMILES string of the molecule is COc1ccc(Nc2ncc(C(=O)N3CCN(C)CC3)cn2)cc1. The normalized spacial score (nSPS) is 15.2. The first-order chi connectivity index (χ1) is 11.7. The molecule has 1 saturated heterocycles. The maximum atomic E-state index is 12.4. The van der Waals surface area contributed by atoms with Crippen LogP contribution in [0.3, 0.4) is 0 Å². The van der Waals surface area contributed by atoms with E-state index in [4.69, 9.17) is 4.74 Å². The Hall–Kier alpha value is -2.67. The lowest BCUT2D eigenvalue weighted by Crippen LogP contribution is -2.47. The fourth-order valence-corrected chi connectivity index (χ4v) is 2.50. The molecule has 0 aliphatic carbocycles. The number of piperazine rings is 1. The molecule has 0 radical (unpaired) electrons. The summed E-state index contributed by atoms with van der Waals surface area (Å²) in [5.74, 6) is 1.23. The maximum Gasteiger partial charge on any atom is 0.257 e. The summed E-state index contributed by atoms with van der Waals surface area (Å²) in [7, 11) is 3.69. The summed E-state index contributed by atoms with van der Waals surface area (Å²) in [5, 5.41) is 3.10. The van der Waals surface area contributed by atoms with Gasteiger partial charge in [-0.05, 0) is 31.3 Å². The zero-order valence-corrected chi connectivity index (χ0v) is 13.9. The van der Waals surface area contributed by atoms with Gasteiger partial charge in [0, 0.05) is 44.3 Å². The summed E-state index contributed by atoms with van der Waals surface area (Å²) in [6.07, 6.45) is 3.14. The van der Waals surface area contributed by atoms with Gasteiger partial charge in [-0.15, -0.1) is 0 Å². The predicted molar refractivity (Wildman–Crippen MR) is 91.7 cm³/mol. The monoisotopic (exact) mass is 327 g/mol. The van der Waals surface area contributed by atoms with Crippen LogP contribution in [0.2, 0.25) is 0 Å². The highest BCUT2D eigenvalue weighted by molar-refractivity contribution is 5.93. The lowest BCUT2D eigenvalue weighted by molar-refractivity contribution is 0.0663. The molecule has 0 saturated carbocycles. The number of likely N-dealkylation sites (N-methyl/N-ethyl adjacent to an activating group) is 1. The lowest BCUT2D eigenvalue weighted by atomic mass is 10.2. The summed E-state index contributed by atoms with van der Waals surface area (Å²) in [5.41, 5.74) is 1.37. The second kappa shape index (κ2) is 7.27. The molecule has 1 aromatic heterocycles. The van der Waals surface area contributed by atoms with Gasteiger partial charge in [0.15, 0.2) is 0 Å². The minimum absolute atomic E-state index is 0.0147. The van der Waals surface area contributed by atoms with E-state index in [2.05, 4.69) is 27.2 Å². The van der Waals surface area contributed by atoms with Crippen LogP contribution in [0.4, 0.5) is 11.6 Å². The molecule has 0 unspecified atom stereocenters. The van der Waals surface area contributed by atoms with E-state index in [1.807, 2.05) is 29.2 Å². The topological polar surface area (TPSA) is 70.6 Å². The highest BCUT2D eigenvalue weighted by Gasteiger charge is 2.20. The largest absolute Gasteiger partial charge is 0.497 e. The van der Waals surface area contributed by atoms with Crippen molar-refractivity contribution in [3.8, 4) is 5.75 Å². The van der Waals surface area contributed by atoms with E-state index >= 15 is 0 Å². The number of rotatable bonds is 4. The van der Waals surface area contributed by atoms with Crippen LogP contribution >= 0.6 is 0 Å². The van der Waals surface area contributed by atoms with Gasteiger partial charge >= 0.3 is 0 Å². The summed E-state index contributed by atoms with van der Waals surface area (Å²) < 4.78 is 5.12. The average Bonchev–Trinajstić information content (AvgIpc) is 2.63. The highest BCUT2D eigenvalue weighted by Crippen LogP contribution is 2.17. The van der Waals surface area contributed by atoms with Crippen molar-refractivity contribution in [1.29, 1.82) is 0 Å². The molecule has 1 N–H and O–H groups in total. The van der Waals surface area contributed by atoms with E-state index in [9.17, 15) is 4.79 Å². The number of benzene rings is 1. The quantitative estimate of drug-likeness (QED) is 0.920. The van der Waals surface area contributed by atoms with Gasteiger partial charge in [-0.1, -0.05) is 0 Å². The van der Waals surface area contributed by atoms with Crippen LogP contribution in [0.1, 0.15) is 10.4 Å². The molecule has 1 aliphatic heterocycles. The van der Waals surface area contributed by atoms with Crippen LogP contribution in [0.25, 0.3) is 0 Å². The molecule has 1 aromatic carbocycles. The number of nitrogens with zero attached hydrogens (tertiary/aromatic N) is 4. The van der Waals surface area contributed by atoms with E-state index < -0.39 is 0 Å². The molecule has 0 spiro atoms. The summed E-state index contributed by atoms with van der Waals surface area (Å²) in [6, 6.07) is 7.47. The molecule has 2 aromatic rings. The minimum atomic E-state index is -0.0147. The molecule has 1 fully saturated rings. The van der Waals surface area contributed by atoms with Crippen molar-refractivity contribution >= 4 is 17.5 Å². The van der Waals surface area contributed by atoms with Crippen molar-refractivity contribution in [1.82, 2.24) is 19.8 Å². The Morgan fingerprint density at radius 1 is 1.08 bits per heavy atom. The second-order valence-electron chi connectivity index (χ2n) is 5.74. The minimum Gasteiger partial charge on any atom is -0.497 e. The number of anilines is 2. The zero-order valence-electron chi connectivity index (χ0n) is 13.9. The Morgan fingerprint density at radius 2 is 1.71 bits per heavy atom. The van der Waals surface area contributed by atoms with Gasteiger partial charge in [0.25, 0.3) is 5.91 Å². The molecule has 24 heavy (non-hydrogen) atoms. The highest BCUT2D eigenvalue weighted by atomic mass is 16.5. The molecular formula is C17H21N5O2. The first kappa shape index (κ1) is 16.2. The first-order valence-corrected chi connectivity index (χ1v) is 7.86. The fraction of sp³-hybridized carbons (Fsp3) is 0.353. The lowest BCUT2D eigenvalue weighted by Gasteiger charge is -2.32. The molecule has 2 heterocycles. The summed E-state index contributed by atoms with van der Waals surface area (Å²) in [4.78, 5) is 25.0. The number of carbonyl (C=O) groups excluding carboxylic acids is 1. The Bertz CT molecular complexity index is 679. The van der Waals surface area contributed by atoms with E-state index in [1.54, 1.807) is 19.5 Å². The van der Waals surface area contributed by atoms with Crippen molar-refractivity contribution in [2.45, 2.75) is 0 Å². The molecule has 1 aliphatic rings. The van der Waals surface area contributed by atoms with Crippen LogP contribution in [-0.4, -0.2) is 66.0 Å². The third-order valence-corrected chi connectivity index (χ3v) is 4.04. The zero-order chi connectivity index (χ0) is 16.9. The molecule has 0 bridgehead atoms. The van der Waals surface area contributed by atoms with Crippen molar-refractivity contribution in [3.05, 3.63) is 42.2 Å². The number of carbonyl (C=O) groups is 1. The van der Waals surface area contributed by atoms with Gasteiger partial charge in [-0.2, -0.15) is 0 Å². The first-order valence-electron chi connectivity index (χ1n) is 7.86. The Labute approximate surface area is 141 Å². The number of hydrogen-bond donors (Lipinski definition) is 1. The number of amides is 1. The van der Waals surface area contributed by atoms with Crippen LogP contribution in [0.15, 0.2) is 36.7 Å². The second-order valence-corrected chi connectivity index (χ2v) is 5.74. The van der Waals surface area contributed by atoms with E-state index in [1.165, 1.54) is 0 Å². The number of aromatic nitrogens is 2. The van der Waals surface area contributed by atoms with Gasteiger partial charge in [0.2, 0.25) is 5.95 Å². The standard InChI is InChI=1S/C17H21N5O2/c1-21-7-9-22(10-8-21)16(23)13-11-18-17(19-12-13)20-14-3-5-15(24-2)6-4-14/h3-6,11-12H,7-10H2,1-2H3,(H,18,19,20). The van der Waals surface area contributed by atoms with Gasteiger partial charge < -0.3 is 19.9 Å². The smallest absolute Gasteiger partial charge is 0.257 e. The Morgan fingerprint density at radius 3 is 2.29 bits per heavy atom. The predicted octanol–water partition coefficient (Wildman–Crippen LogP) is 1.62.